The molecule has 0 N–H and O–H groups in total. The van der Waals surface area contributed by atoms with Gasteiger partial charge in [0.25, 0.3) is 0 Å². The van der Waals surface area contributed by atoms with Gasteiger partial charge in [-0.15, -0.1) is 22.7 Å². The molecule has 5 rings (SSSR count). The third-order valence-corrected chi connectivity index (χ3v) is 6.32. The number of hydrogen-bond donors (Lipinski definition) is 0. The van der Waals surface area contributed by atoms with E-state index in [2.05, 4.69) is 9.97 Å². The zero-order valence-corrected chi connectivity index (χ0v) is 16.2. The molecule has 5 nitrogen and oxygen atoms in total. The van der Waals surface area contributed by atoms with Crippen LogP contribution in [0.5, 0.6) is 11.5 Å². The Labute approximate surface area is 162 Å². The molecule has 134 valence electrons. The molecule has 0 saturated carbocycles. The minimum atomic E-state index is 0.738. The van der Waals surface area contributed by atoms with E-state index in [1.807, 2.05) is 48.5 Å². The second-order valence-corrected chi connectivity index (χ2v) is 7.93. The van der Waals surface area contributed by atoms with Gasteiger partial charge >= 0.3 is 0 Å². The molecule has 0 unspecified atom stereocenters. The lowest BCUT2D eigenvalue weighted by Crippen LogP contribution is -1.81. The summed E-state index contributed by atoms with van der Waals surface area (Å²) in [6.45, 7) is 0. The molecular formula is C20H14N2O3S2. The first-order valence-corrected chi connectivity index (χ1v) is 9.86. The average molecular weight is 394 g/mol. The Balaban J connectivity index is 1.52. The first-order valence-electron chi connectivity index (χ1n) is 8.23. The minimum absolute atomic E-state index is 0.738. The Kier molecular flexibility index (Phi) is 3.84. The Bertz CT molecular complexity index is 1170. The molecule has 0 radical (unpaired) electrons. The van der Waals surface area contributed by atoms with Crippen LogP contribution in [0.15, 0.2) is 52.9 Å². The molecule has 0 aliphatic carbocycles. The van der Waals surface area contributed by atoms with Gasteiger partial charge in [0.1, 0.15) is 11.5 Å². The van der Waals surface area contributed by atoms with Crippen molar-refractivity contribution in [2.45, 2.75) is 0 Å². The predicted octanol–water partition coefficient (Wildman–Crippen LogP) is 5.85. The summed E-state index contributed by atoms with van der Waals surface area (Å²) in [5, 5.41) is 1.68. The van der Waals surface area contributed by atoms with Crippen LogP contribution in [0.1, 0.15) is 0 Å². The summed E-state index contributed by atoms with van der Waals surface area (Å²) in [4.78, 5) is 9.35. The summed E-state index contributed by atoms with van der Waals surface area (Å²) in [5.74, 6) is 3.07. The molecule has 0 fully saturated rings. The Hall–Kier alpha value is -2.90. The van der Waals surface area contributed by atoms with E-state index in [9.17, 15) is 0 Å². The third-order valence-electron chi connectivity index (χ3n) is 4.22. The van der Waals surface area contributed by atoms with Crippen molar-refractivity contribution in [3.63, 3.8) is 0 Å². The monoisotopic (exact) mass is 394 g/mol. The molecule has 5 aromatic rings. The summed E-state index contributed by atoms with van der Waals surface area (Å²) in [6.07, 6.45) is 0. The van der Waals surface area contributed by atoms with Crippen molar-refractivity contribution in [3.8, 4) is 33.0 Å². The van der Waals surface area contributed by atoms with Gasteiger partial charge in [0.2, 0.25) is 0 Å². The number of hydrogen-bond acceptors (Lipinski definition) is 7. The number of aromatic nitrogens is 2. The lowest BCUT2D eigenvalue weighted by Gasteiger charge is -1.96. The zero-order chi connectivity index (χ0) is 18.4. The standard InChI is InChI=1S/C20H14N2O3S2/c1-23-11-3-7-17-13(9-11)21-19(26-17)15-5-6-16(25-15)20-22-14-10-12(24-2)4-8-18(14)27-20/h3-10H,1-2H3. The molecule has 0 bridgehead atoms. The van der Waals surface area contributed by atoms with Gasteiger partial charge in [-0.05, 0) is 36.4 Å². The van der Waals surface area contributed by atoms with Crippen LogP contribution in [0, 0.1) is 0 Å². The number of fused-ring (bicyclic) bond motifs is 2. The Morgan fingerprint density at radius 3 is 1.63 bits per heavy atom. The van der Waals surface area contributed by atoms with Gasteiger partial charge in [-0.25, -0.2) is 9.97 Å². The summed E-state index contributed by atoms with van der Waals surface area (Å²) in [7, 11) is 3.31. The quantitative estimate of drug-likeness (QED) is 0.383. The smallest absolute Gasteiger partial charge is 0.163 e. The van der Waals surface area contributed by atoms with E-state index in [1.165, 1.54) is 0 Å². The van der Waals surface area contributed by atoms with Crippen molar-refractivity contribution in [2.75, 3.05) is 14.2 Å². The van der Waals surface area contributed by atoms with Gasteiger partial charge in [-0.2, -0.15) is 0 Å². The van der Waals surface area contributed by atoms with E-state index in [0.29, 0.717) is 0 Å². The largest absolute Gasteiger partial charge is 0.497 e. The molecule has 0 atom stereocenters. The van der Waals surface area contributed by atoms with Crippen LogP contribution >= 0.6 is 22.7 Å². The van der Waals surface area contributed by atoms with Gasteiger partial charge in [0.05, 0.1) is 34.7 Å². The van der Waals surface area contributed by atoms with E-state index >= 15 is 0 Å². The van der Waals surface area contributed by atoms with Crippen molar-refractivity contribution in [2.24, 2.45) is 0 Å². The van der Waals surface area contributed by atoms with Gasteiger partial charge in [0.15, 0.2) is 21.5 Å². The highest BCUT2D eigenvalue weighted by Gasteiger charge is 2.15. The van der Waals surface area contributed by atoms with E-state index in [-0.39, 0.29) is 0 Å². The second-order valence-electron chi connectivity index (χ2n) is 5.87. The van der Waals surface area contributed by atoms with E-state index in [4.69, 9.17) is 13.9 Å². The fourth-order valence-corrected chi connectivity index (χ4v) is 4.66. The Morgan fingerprint density at radius 2 is 1.19 bits per heavy atom. The minimum Gasteiger partial charge on any atom is -0.497 e. The molecule has 3 heterocycles. The van der Waals surface area contributed by atoms with Crippen LogP contribution in [0.4, 0.5) is 0 Å². The third kappa shape index (κ3) is 2.85. The van der Waals surface area contributed by atoms with Crippen LogP contribution in [0.3, 0.4) is 0 Å². The van der Waals surface area contributed by atoms with Crippen molar-refractivity contribution in [1.82, 2.24) is 9.97 Å². The first kappa shape index (κ1) is 16.3. The maximum atomic E-state index is 6.06. The highest BCUT2D eigenvalue weighted by Crippen LogP contribution is 2.37. The lowest BCUT2D eigenvalue weighted by molar-refractivity contribution is 0.415. The molecular weight excluding hydrogens is 380 g/mol. The molecule has 0 saturated heterocycles. The maximum Gasteiger partial charge on any atom is 0.163 e. The van der Waals surface area contributed by atoms with Crippen LogP contribution < -0.4 is 9.47 Å². The normalized spacial score (nSPS) is 11.3. The van der Waals surface area contributed by atoms with E-state index < -0.39 is 0 Å². The fraction of sp³-hybridized carbons (Fsp3) is 0.100. The van der Waals surface area contributed by atoms with Crippen molar-refractivity contribution < 1.29 is 13.9 Å². The molecule has 0 spiro atoms. The summed E-state index contributed by atoms with van der Waals surface area (Å²) in [6, 6.07) is 15.6. The van der Waals surface area contributed by atoms with Gasteiger partial charge < -0.3 is 13.9 Å². The number of furan rings is 1. The number of methoxy groups -OCH3 is 2. The summed E-state index contributed by atoms with van der Waals surface area (Å²) >= 11 is 3.19. The second kappa shape index (κ2) is 6.37. The van der Waals surface area contributed by atoms with Gasteiger partial charge in [-0.3, -0.25) is 0 Å². The van der Waals surface area contributed by atoms with Crippen LogP contribution in [-0.2, 0) is 0 Å². The Morgan fingerprint density at radius 1 is 0.704 bits per heavy atom. The summed E-state index contributed by atoms with van der Waals surface area (Å²) in [5.41, 5.74) is 1.80. The van der Waals surface area contributed by atoms with Crippen molar-refractivity contribution >= 4 is 43.1 Å². The number of nitrogens with zero attached hydrogens (tertiary/aromatic N) is 2. The van der Waals surface area contributed by atoms with Gasteiger partial charge in [-0.1, -0.05) is 0 Å². The number of rotatable bonds is 4. The molecule has 27 heavy (non-hydrogen) atoms. The first-order chi connectivity index (χ1) is 13.2. The van der Waals surface area contributed by atoms with Gasteiger partial charge in [0, 0.05) is 12.1 Å². The highest BCUT2D eigenvalue weighted by atomic mass is 32.1. The lowest BCUT2D eigenvalue weighted by atomic mass is 10.3. The van der Waals surface area contributed by atoms with Crippen LogP contribution in [0.2, 0.25) is 0 Å². The van der Waals surface area contributed by atoms with Crippen molar-refractivity contribution in [3.05, 3.63) is 48.5 Å². The molecule has 7 heteroatoms. The summed E-state index contributed by atoms with van der Waals surface area (Å²) < 4.78 is 18.8. The van der Waals surface area contributed by atoms with Crippen LogP contribution in [-0.4, -0.2) is 24.2 Å². The fourth-order valence-electron chi connectivity index (χ4n) is 2.85. The number of ether oxygens (including phenoxy) is 2. The van der Waals surface area contributed by atoms with E-state index in [1.54, 1.807) is 36.9 Å². The topological polar surface area (TPSA) is 57.4 Å². The number of benzene rings is 2. The highest BCUT2D eigenvalue weighted by molar-refractivity contribution is 7.22. The number of thiazole rings is 2. The van der Waals surface area contributed by atoms with E-state index in [0.717, 1.165) is 53.5 Å². The molecule has 0 aliphatic rings. The zero-order valence-electron chi connectivity index (χ0n) is 14.6. The van der Waals surface area contributed by atoms with Crippen LogP contribution in [0.25, 0.3) is 42.0 Å². The SMILES string of the molecule is COc1ccc2sc(-c3ccc(-c4nc5cc(OC)ccc5s4)o3)nc2c1. The predicted molar refractivity (Wildman–Crippen MR) is 109 cm³/mol. The molecule has 0 amide bonds. The molecule has 3 aromatic heterocycles. The maximum absolute atomic E-state index is 6.06. The molecule has 2 aromatic carbocycles. The molecule has 0 aliphatic heterocycles. The van der Waals surface area contributed by atoms with Crippen molar-refractivity contribution in [1.29, 1.82) is 0 Å². The average Bonchev–Trinajstić information content (AvgIpc) is 3.43.